The van der Waals surface area contributed by atoms with E-state index in [1.165, 1.54) is 25.7 Å². The Morgan fingerprint density at radius 1 is 0.875 bits per heavy atom. The van der Waals surface area contributed by atoms with Crippen LogP contribution in [-0.4, -0.2) is 67.4 Å². The van der Waals surface area contributed by atoms with E-state index in [2.05, 4.69) is 10.2 Å². The van der Waals surface area contributed by atoms with Crippen molar-refractivity contribution in [2.45, 2.75) is 62.8 Å². The number of likely N-dealkylation sites (tertiary alicyclic amines) is 1. The lowest BCUT2D eigenvalue weighted by Gasteiger charge is -2.20. The van der Waals surface area contributed by atoms with Crippen molar-refractivity contribution in [3.05, 3.63) is 30.5 Å². The highest BCUT2D eigenvalue weighted by Crippen LogP contribution is 2.25. The van der Waals surface area contributed by atoms with Crippen molar-refractivity contribution in [3.8, 4) is 0 Å². The van der Waals surface area contributed by atoms with Crippen LogP contribution < -0.4 is 5.32 Å². The number of carbonyl (C=O) groups excluding carboxylic acids is 1. The van der Waals surface area contributed by atoms with E-state index in [9.17, 15) is 13.2 Å². The zero-order chi connectivity index (χ0) is 22.4. The van der Waals surface area contributed by atoms with Crippen LogP contribution in [0.4, 0.5) is 0 Å². The average Bonchev–Trinajstić information content (AvgIpc) is 3.01. The normalized spacial score (nSPS) is 19.5. The number of rotatable bonds is 7. The molecule has 0 saturated carbocycles. The summed E-state index contributed by atoms with van der Waals surface area (Å²) >= 11 is 0. The van der Waals surface area contributed by atoms with Gasteiger partial charge in [0.2, 0.25) is 15.9 Å². The van der Waals surface area contributed by atoms with Gasteiger partial charge in [0.25, 0.3) is 0 Å². The lowest BCUT2D eigenvalue weighted by molar-refractivity contribution is -0.121. The predicted molar refractivity (Wildman–Crippen MR) is 127 cm³/mol. The molecule has 176 valence electrons. The van der Waals surface area contributed by atoms with E-state index in [1.54, 1.807) is 16.4 Å². The molecule has 8 heteroatoms. The molecular formula is C24H36N4O3S. The molecule has 7 nitrogen and oxygen atoms in total. The molecule has 2 aromatic rings. The van der Waals surface area contributed by atoms with Crippen molar-refractivity contribution in [2.75, 3.05) is 39.3 Å². The van der Waals surface area contributed by atoms with E-state index < -0.39 is 10.0 Å². The van der Waals surface area contributed by atoms with Crippen LogP contribution in [0.1, 0.15) is 51.4 Å². The highest BCUT2D eigenvalue weighted by molar-refractivity contribution is 7.89. The number of nitrogens with one attached hydrogen (secondary N) is 1. The van der Waals surface area contributed by atoms with Gasteiger partial charge in [0.05, 0.1) is 4.90 Å². The van der Waals surface area contributed by atoms with Gasteiger partial charge in [0.1, 0.15) is 6.54 Å². The lowest BCUT2D eigenvalue weighted by Crippen LogP contribution is -2.36. The fourth-order valence-corrected chi connectivity index (χ4v) is 6.38. The molecule has 0 spiro atoms. The second-order valence-electron chi connectivity index (χ2n) is 9.09. The number of benzene rings is 1. The number of carbonyl (C=O) groups is 1. The molecule has 2 saturated heterocycles. The van der Waals surface area contributed by atoms with Crippen molar-refractivity contribution < 1.29 is 13.2 Å². The molecule has 1 aromatic heterocycles. The zero-order valence-electron chi connectivity index (χ0n) is 19.0. The summed E-state index contributed by atoms with van der Waals surface area (Å²) in [6, 6.07) is 7.13. The largest absolute Gasteiger partial charge is 0.353 e. The average molecular weight is 461 g/mol. The monoisotopic (exact) mass is 460 g/mol. The van der Waals surface area contributed by atoms with E-state index in [-0.39, 0.29) is 12.5 Å². The molecule has 0 bridgehead atoms. The van der Waals surface area contributed by atoms with Crippen LogP contribution in [-0.2, 0) is 21.4 Å². The van der Waals surface area contributed by atoms with E-state index in [4.69, 9.17) is 0 Å². The Kier molecular flexibility index (Phi) is 7.86. The van der Waals surface area contributed by atoms with E-state index >= 15 is 0 Å². The van der Waals surface area contributed by atoms with Crippen molar-refractivity contribution in [3.63, 3.8) is 0 Å². The molecule has 0 unspecified atom stereocenters. The third-order valence-corrected chi connectivity index (χ3v) is 8.60. The number of hydrogen-bond acceptors (Lipinski definition) is 4. The van der Waals surface area contributed by atoms with Crippen molar-refractivity contribution in [2.24, 2.45) is 0 Å². The van der Waals surface area contributed by atoms with Gasteiger partial charge in [0, 0.05) is 43.3 Å². The molecule has 2 aliphatic rings. The Hall–Kier alpha value is -1.90. The summed E-state index contributed by atoms with van der Waals surface area (Å²) in [6.45, 7) is 5.24. The fourth-order valence-electron chi connectivity index (χ4n) is 4.83. The summed E-state index contributed by atoms with van der Waals surface area (Å²) < 4.78 is 29.7. The van der Waals surface area contributed by atoms with Gasteiger partial charge in [0.15, 0.2) is 0 Å². The van der Waals surface area contributed by atoms with Gasteiger partial charge in [-0.05, 0) is 63.0 Å². The number of aromatic nitrogens is 1. The Bertz CT molecular complexity index is 1000. The quantitative estimate of drug-likeness (QED) is 0.689. The SMILES string of the molecule is O=C(Cn1ccc2cc(S(=O)(=O)N3CCCCCC3)ccc21)NCCN1CCCCCC1. The fraction of sp³-hybridized carbons (Fsp3) is 0.625. The van der Waals surface area contributed by atoms with E-state index in [1.807, 2.05) is 22.9 Å². The third kappa shape index (κ3) is 5.71. The van der Waals surface area contributed by atoms with Gasteiger partial charge in [-0.3, -0.25) is 4.79 Å². The van der Waals surface area contributed by atoms with Crippen LogP contribution in [0, 0.1) is 0 Å². The summed E-state index contributed by atoms with van der Waals surface area (Å²) in [6.07, 6.45) is 11.0. The maximum Gasteiger partial charge on any atom is 0.243 e. The van der Waals surface area contributed by atoms with Crippen LogP contribution in [0.5, 0.6) is 0 Å². The highest BCUT2D eigenvalue weighted by Gasteiger charge is 2.25. The Morgan fingerprint density at radius 2 is 1.53 bits per heavy atom. The van der Waals surface area contributed by atoms with E-state index in [0.717, 1.165) is 56.2 Å². The summed E-state index contributed by atoms with van der Waals surface area (Å²) in [7, 11) is -3.48. The Labute approximate surface area is 191 Å². The minimum atomic E-state index is -3.48. The Morgan fingerprint density at radius 3 is 2.22 bits per heavy atom. The summed E-state index contributed by atoms with van der Waals surface area (Å²) in [5.74, 6) is -0.0152. The summed E-state index contributed by atoms with van der Waals surface area (Å²) in [5.41, 5.74) is 0.877. The first-order valence-corrected chi connectivity index (χ1v) is 13.6. The number of amides is 1. The van der Waals surface area contributed by atoms with Gasteiger partial charge in [-0.2, -0.15) is 4.31 Å². The lowest BCUT2D eigenvalue weighted by atomic mass is 10.2. The van der Waals surface area contributed by atoms with Gasteiger partial charge in [-0.1, -0.05) is 25.7 Å². The molecule has 1 amide bonds. The Balaban J connectivity index is 1.36. The first-order chi connectivity index (χ1) is 15.5. The van der Waals surface area contributed by atoms with Gasteiger partial charge < -0.3 is 14.8 Å². The first-order valence-electron chi connectivity index (χ1n) is 12.1. The number of fused-ring (bicyclic) bond motifs is 1. The topological polar surface area (TPSA) is 74.6 Å². The number of hydrogen-bond donors (Lipinski definition) is 1. The van der Waals surface area contributed by atoms with Crippen LogP contribution in [0.25, 0.3) is 10.9 Å². The highest BCUT2D eigenvalue weighted by atomic mass is 32.2. The standard InChI is InChI=1S/C24H36N4O3S/c29-24(25-12-18-26-13-5-1-2-6-14-26)20-27-17-11-21-19-22(9-10-23(21)27)32(30,31)28-15-7-3-4-8-16-28/h9-11,17,19H,1-8,12-16,18,20H2,(H,25,29). The number of nitrogens with zero attached hydrogens (tertiary/aromatic N) is 3. The van der Waals surface area contributed by atoms with Crippen LogP contribution in [0.2, 0.25) is 0 Å². The van der Waals surface area contributed by atoms with Crippen LogP contribution >= 0.6 is 0 Å². The molecule has 0 radical (unpaired) electrons. The van der Waals surface area contributed by atoms with Crippen molar-refractivity contribution >= 4 is 26.8 Å². The molecule has 0 atom stereocenters. The smallest absolute Gasteiger partial charge is 0.243 e. The molecule has 0 aliphatic carbocycles. The predicted octanol–water partition coefficient (Wildman–Crippen LogP) is 3.20. The van der Waals surface area contributed by atoms with E-state index in [0.29, 0.717) is 24.5 Å². The minimum absolute atomic E-state index is 0.0152. The van der Waals surface area contributed by atoms with Crippen molar-refractivity contribution in [1.29, 1.82) is 0 Å². The minimum Gasteiger partial charge on any atom is -0.353 e. The molecule has 32 heavy (non-hydrogen) atoms. The molecule has 1 N–H and O–H groups in total. The number of sulfonamides is 1. The summed E-state index contributed by atoms with van der Waals surface area (Å²) in [4.78, 5) is 15.3. The van der Waals surface area contributed by atoms with Crippen LogP contribution in [0.15, 0.2) is 35.4 Å². The molecular weight excluding hydrogens is 424 g/mol. The first kappa shape index (κ1) is 23.3. The summed E-state index contributed by atoms with van der Waals surface area (Å²) in [5, 5.41) is 3.88. The maximum atomic E-state index is 13.1. The molecule has 2 fully saturated rings. The molecule has 3 heterocycles. The van der Waals surface area contributed by atoms with Gasteiger partial charge in [-0.25, -0.2) is 8.42 Å². The molecule has 2 aliphatic heterocycles. The van der Waals surface area contributed by atoms with Gasteiger partial charge >= 0.3 is 0 Å². The van der Waals surface area contributed by atoms with Crippen LogP contribution in [0.3, 0.4) is 0 Å². The third-order valence-electron chi connectivity index (χ3n) is 6.71. The van der Waals surface area contributed by atoms with Crippen molar-refractivity contribution in [1.82, 2.24) is 19.1 Å². The molecule has 4 rings (SSSR count). The second-order valence-corrected chi connectivity index (χ2v) is 11.0. The van der Waals surface area contributed by atoms with Gasteiger partial charge in [-0.15, -0.1) is 0 Å². The second kappa shape index (κ2) is 10.8. The molecule has 1 aromatic carbocycles. The zero-order valence-corrected chi connectivity index (χ0v) is 19.8. The maximum absolute atomic E-state index is 13.1.